The van der Waals surface area contributed by atoms with E-state index in [4.69, 9.17) is 4.74 Å². The van der Waals surface area contributed by atoms with Gasteiger partial charge in [-0.3, -0.25) is 4.98 Å². The van der Waals surface area contributed by atoms with Crippen molar-refractivity contribution in [2.24, 2.45) is 0 Å². The van der Waals surface area contributed by atoms with E-state index in [1.165, 1.54) is 0 Å². The predicted molar refractivity (Wildman–Crippen MR) is 78.6 cm³/mol. The Morgan fingerprint density at radius 2 is 2.19 bits per heavy atom. The van der Waals surface area contributed by atoms with Crippen molar-refractivity contribution in [1.82, 2.24) is 9.71 Å². The molecule has 0 aliphatic carbocycles. The molecular formula is C15H16N2O3S. The molecule has 6 heteroatoms. The summed E-state index contributed by atoms with van der Waals surface area (Å²) in [6.45, 7) is 2.41. The van der Waals surface area contributed by atoms with Gasteiger partial charge in [-0.1, -0.05) is 6.07 Å². The summed E-state index contributed by atoms with van der Waals surface area (Å²) in [6, 6.07) is 8.26. The summed E-state index contributed by atoms with van der Waals surface area (Å²) in [5.41, 5.74) is 1.76. The topological polar surface area (TPSA) is 68.3 Å². The fourth-order valence-electron chi connectivity index (χ4n) is 2.33. The van der Waals surface area contributed by atoms with Gasteiger partial charge in [-0.05, 0) is 42.3 Å². The molecule has 1 aromatic heterocycles. The standard InChI is InChI=1S/C15H16N2O3S/c1-11(13-3-2-7-16-10-13)17-21(18,19)14-4-5-15-12(9-14)6-8-20-15/h2-5,7,9-11,17H,6,8H2,1H3. The number of pyridine rings is 1. The van der Waals surface area contributed by atoms with Crippen molar-refractivity contribution < 1.29 is 13.2 Å². The molecule has 2 heterocycles. The highest BCUT2D eigenvalue weighted by molar-refractivity contribution is 7.89. The molecule has 21 heavy (non-hydrogen) atoms. The number of aromatic nitrogens is 1. The highest BCUT2D eigenvalue weighted by Gasteiger charge is 2.21. The van der Waals surface area contributed by atoms with E-state index in [0.717, 1.165) is 23.3 Å². The summed E-state index contributed by atoms with van der Waals surface area (Å²) in [6.07, 6.45) is 4.06. The molecule has 3 rings (SSSR count). The fraction of sp³-hybridized carbons (Fsp3) is 0.267. The van der Waals surface area contributed by atoms with Crippen LogP contribution in [0.2, 0.25) is 0 Å². The van der Waals surface area contributed by atoms with Crippen molar-refractivity contribution in [2.75, 3.05) is 6.61 Å². The van der Waals surface area contributed by atoms with E-state index >= 15 is 0 Å². The third-order valence-electron chi connectivity index (χ3n) is 3.49. The van der Waals surface area contributed by atoms with Gasteiger partial charge < -0.3 is 4.74 Å². The highest BCUT2D eigenvalue weighted by atomic mass is 32.2. The predicted octanol–water partition coefficient (Wildman–Crippen LogP) is 2.06. The van der Waals surface area contributed by atoms with Crippen molar-refractivity contribution in [1.29, 1.82) is 0 Å². The van der Waals surface area contributed by atoms with Crippen molar-refractivity contribution in [3.63, 3.8) is 0 Å². The maximum absolute atomic E-state index is 12.4. The number of ether oxygens (including phenoxy) is 1. The number of rotatable bonds is 4. The van der Waals surface area contributed by atoms with Gasteiger partial charge in [0.1, 0.15) is 5.75 Å². The Hall–Kier alpha value is -1.92. The number of fused-ring (bicyclic) bond motifs is 1. The summed E-state index contributed by atoms with van der Waals surface area (Å²) in [4.78, 5) is 4.27. The van der Waals surface area contributed by atoms with Gasteiger partial charge in [0, 0.05) is 24.9 Å². The first-order chi connectivity index (χ1) is 10.1. The zero-order chi connectivity index (χ0) is 14.9. The van der Waals surface area contributed by atoms with Gasteiger partial charge in [0.15, 0.2) is 0 Å². The zero-order valence-electron chi connectivity index (χ0n) is 11.6. The van der Waals surface area contributed by atoms with Crippen LogP contribution in [-0.4, -0.2) is 20.0 Å². The van der Waals surface area contributed by atoms with Crippen molar-refractivity contribution in [3.05, 3.63) is 53.9 Å². The summed E-state index contributed by atoms with van der Waals surface area (Å²) < 4.78 is 33.0. The summed E-state index contributed by atoms with van der Waals surface area (Å²) in [5, 5.41) is 0. The molecule has 1 unspecified atom stereocenters. The number of sulfonamides is 1. The van der Waals surface area contributed by atoms with E-state index in [-0.39, 0.29) is 10.9 Å². The molecule has 0 spiro atoms. The van der Waals surface area contributed by atoms with Crippen LogP contribution in [-0.2, 0) is 16.4 Å². The van der Waals surface area contributed by atoms with Gasteiger partial charge in [0.2, 0.25) is 10.0 Å². The van der Waals surface area contributed by atoms with Gasteiger partial charge in [0.05, 0.1) is 11.5 Å². The fourth-order valence-corrected chi connectivity index (χ4v) is 3.61. The van der Waals surface area contributed by atoms with Crippen molar-refractivity contribution in [2.45, 2.75) is 24.3 Å². The van der Waals surface area contributed by atoms with Crippen LogP contribution in [0.15, 0.2) is 47.6 Å². The van der Waals surface area contributed by atoms with Gasteiger partial charge >= 0.3 is 0 Å². The lowest BCUT2D eigenvalue weighted by molar-refractivity contribution is 0.356. The molecule has 5 nitrogen and oxygen atoms in total. The Balaban J connectivity index is 1.84. The number of benzene rings is 1. The van der Waals surface area contributed by atoms with Crippen molar-refractivity contribution in [3.8, 4) is 5.75 Å². The Bertz CT molecular complexity index is 745. The molecule has 1 aromatic carbocycles. The number of nitrogens with zero attached hydrogens (tertiary/aromatic N) is 1. The summed E-state index contributed by atoms with van der Waals surface area (Å²) in [5.74, 6) is 0.772. The number of nitrogens with one attached hydrogen (secondary N) is 1. The smallest absolute Gasteiger partial charge is 0.241 e. The molecule has 0 saturated heterocycles. The second-order valence-corrected chi connectivity index (χ2v) is 6.71. The van der Waals surface area contributed by atoms with Crippen LogP contribution < -0.4 is 9.46 Å². The monoisotopic (exact) mass is 304 g/mol. The van der Waals surface area contributed by atoms with E-state index in [9.17, 15) is 8.42 Å². The minimum atomic E-state index is -3.56. The average Bonchev–Trinajstić information content (AvgIpc) is 2.95. The van der Waals surface area contributed by atoms with E-state index < -0.39 is 10.0 Å². The van der Waals surface area contributed by atoms with Crippen LogP contribution in [0, 0.1) is 0 Å². The molecule has 1 aliphatic heterocycles. The zero-order valence-corrected chi connectivity index (χ0v) is 12.4. The lowest BCUT2D eigenvalue weighted by atomic mass is 10.2. The molecule has 1 atom stereocenters. The lowest BCUT2D eigenvalue weighted by Crippen LogP contribution is -2.27. The average molecular weight is 304 g/mol. The third kappa shape index (κ3) is 2.91. The second-order valence-electron chi connectivity index (χ2n) is 5.00. The SMILES string of the molecule is CC(NS(=O)(=O)c1ccc2c(c1)CCO2)c1cccnc1. The van der Waals surface area contributed by atoms with Crippen LogP contribution in [0.25, 0.3) is 0 Å². The first kappa shape index (κ1) is 14.0. The molecule has 0 fully saturated rings. The largest absolute Gasteiger partial charge is 0.493 e. The van der Waals surface area contributed by atoms with Crippen LogP contribution >= 0.6 is 0 Å². The van der Waals surface area contributed by atoms with Crippen molar-refractivity contribution >= 4 is 10.0 Å². The van der Waals surface area contributed by atoms with Gasteiger partial charge in [-0.15, -0.1) is 0 Å². The van der Waals surface area contributed by atoms with Crippen LogP contribution in [0.5, 0.6) is 5.75 Å². The molecule has 110 valence electrons. The molecular weight excluding hydrogens is 288 g/mol. The molecule has 1 N–H and O–H groups in total. The second kappa shape index (κ2) is 5.46. The highest BCUT2D eigenvalue weighted by Crippen LogP contribution is 2.28. The van der Waals surface area contributed by atoms with Crippen LogP contribution in [0.1, 0.15) is 24.1 Å². The molecule has 0 saturated carbocycles. The first-order valence-electron chi connectivity index (χ1n) is 6.74. The van der Waals surface area contributed by atoms with Gasteiger partial charge in [0.25, 0.3) is 0 Å². The number of hydrogen-bond donors (Lipinski definition) is 1. The minimum Gasteiger partial charge on any atom is -0.493 e. The van der Waals surface area contributed by atoms with E-state index in [2.05, 4.69) is 9.71 Å². The van der Waals surface area contributed by atoms with E-state index in [0.29, 0.717) is 6.61 Å². The van der Waals surface area contributed by atoms with Crippen LogP contribution in [0.3, 0.4) is 0 Å². The summed E-state index contributed by atoms with van der Waals surface area (Å²) >= 11 is 0. The van der Waals surface area contributed by atoms with Gasteiger partial charge in [-0.25, -0.2) is 13.1 Å². The first-order valence-corrected chi connectivity index (χ1v) is 8.22. The Labute approximate surface area is 124 Å². The van der Waals surface area contributed by atoms with E-state index in [1.54, 1.807) is 43.6 Å². The molecule has 1 aliphatic rings. The normalized spacial score (nSPS) is 15.3. The summed E-state index contributed by atoms with van der Waals surface area (Å²) in [7, 11) is -3.56. The minimum absolute atomic E-state index is 0.266. The van der Waals surface area contributed by atoms with Crippen LogP contribution in [0.4, 0.5) is 0 Å². The molecule has 0 amide bonds. The number of hydrogen-bond acceptors (Lipinski definition) is 4. The molecule has 2 aromatic rings. The maximum atomic E-state index is 12.4. The molecule has 0 radical (unpaired) electrons. The Morgan fingerprint density at radius 3 is 2.95 bits per heavy atom. The Kier molecular flexibility index (Phi) is 3.65. The van der Waals surface area contributed by atoms with Gasteiger partial charge in [-0.2, -0.15) is 0 Å². The Morgan fingerprint density at radius 1 is 1.33 bits per heavy atom. The third-order valence-corrected chi connectivity index (χ3v) is 5.03. The lowest BCUT2D eigenvalue weighted by Gasteiger charge is -2.14. The molecule has 0 bridgehead atoms. The maximum Gasteiger partial charge on any atom is 0.241 e. The van der Waals surface area contributed by atoms with E-state index in [1.807, 2.05) is 6.07 Å². The quantitative estimate of drug-likeness (QED) is 0.938.